The molecule has 15 aromatic heterocycles. The lowest BCUT2D eigenvalue weighted by Crippen LogP contribution is -2.30. The molecule has 11 N–H and O–H groups in total. The van der Waals surface area contributed by atoms with Gasteiger partial charge in [0.05, 0.1) is 75.6 Å². The van der Waals surface area contributed by atoms with Crippen molar-refractivity contribution in [2.75, 3.05) is 41.6 Å². The zero-order valence-corrected chi connectivity index (χ0v) is 78.3. The standard InChI is InChI=1S/C21H19N7O.C18H15N5O.C17H14N4O2.C17H16N4O2.C16H12F2N4O2.C16H16N6O/c29-20(25-21-24-18(26-27-21)17-8-4-5-10-22-17)15-9-11-28-16(12-15)13-23-19(28)14-6-2-1-3-7-14;24-17(9-12-10-20-14-6-2-1-5-13(12)14)23-18-21-11-16(22-18)15-7-3-4-8-19-15;22-17(12-4-5-14-11(9-12)6-8-23-14)21-15-10-19-16(20-15)13-3-1-2-7-18-13;1-23-13-6-4-5-12(9-13)10-16(22)20-15-11-19-17(21-15)14-7-2-3-8-18-14;17-10-4-5-14(12(18)7-10)24-9-11(23)8-15-20-16(22-21-15)13-3-1-2-6-19-13;1-22-9-10(8-18-22)11-6-12(11)14(23)7-15-19-16(21-20-15)13-4-2-3-5-17-13/h1-8,10,13,15H,9,11-12H2,(H2,24,25,26,27,29);1-8,10-11,20H,9H2,(H2,21,22,23,24);1-5,7,9-10H,6,8H2,(H,19,20)(H,21,22);2-9,11H,10H2,1H3,(H,19,21)(H,20,22);1-7H,8-9H2,(H,20,21,22);2-5,8-9,11-12H,6-7H2,1H3,(H,19,20,21). The van der Waals surface area contributed by atoms with Gasteiger partial charge in [-0.15, -0.1) is 5.10 Å². The van der Waals surface area contributed by atoms with Gasteiger partial charge in [-0.2, -0.15) is 20.3 Å². The molecule has 1 fully saturated rings. The van der Waals surface area contributed by atoms with E-state index in [9.17, 15) is 37.5 Å². The molecule has 3 unspecified atom stereocenters. The fourth-order valence-electron chi connectivity index (χ4n) is 15.8. The van der Waals surface area contributed by atoms with Gasteiger partial charge in [-0.3, -0.25) is 89.3 Å². The molecular weight excluding hydrogens is 1860 g/mol. The van der Waals surface area contributed by atoms with Crippen molar-refractivity contribution in [1.82, 2.24) is 130 Å². The number of fused-ring (bicyclic) bond motifs is 3. The zero-order valence-electron chi connectivity index (χ0n) is 78.3. The number of hydrogen-bond donors (Lipinski definition) is 11. The van der Waals surface area contributed by atoms with Crippen LogP contribution < -0.4 is 35.5 Å². The van der Waals surface area contributed by atoms with Crippen molar-refractivity contribution in [3.63, 3.8) is 0 Å². The third-order valence-electron chi connectivity index (χ3n) is 23.1. The summed E-state index contributed by atoms with van der Waals surface area (Å²) in [6.07, 6.45) is 26.3. The number of H-pyrrole nitrogens is 7. The van der Waals surface area contributed by atoms with Gasteiger partial charge >= 0.3 is 0 Å². The number of halogens is 2. The SMILES string of the molecule is COc1cccc(CC(=O)Nc2cnc(-c3ccccn3)[nH]2)c1.Cn1cc(C2CC2C(=O)Cc2nc(-c3ccccn3)n[nH]2)cn1.O=C(COc1ccc(F)cc1F)Cc1nc(-c2ccccn2)n[nH]1.O=C(Cc1c[nH]c2ccccc12)Nc1ncc(-c2ccccn2)[nH]1.O=C(Nc1cnc(-c2ccccn2)[nH]1)c1ccc2c(c1)CCO2.O=C(Nc1n[nH]c(-c2ccccn2)n1)C1CCn2c(cnc2-c2ccccc2)C1. The maximum absolute atomic E-state index is 13.4. The number of methoxy groups -OCH3 is 1. The fourth-order valence-corrected chi connectivity index (χ4v) is 15.8. The number of aromatic nitrogens is 26. The molecule has 1 saturated carbocycles. The Morgan fingerprint density at radius 2 is 1.16 bits per heavy atom. The number of ether oxygens (including phenoxy) is 3. The molecule has 0 radical (unpaired) electrons. The number of imidazole rings is 4. The number of para-hydroxylation sites is 1. The van der Waals surface area contributed by atoms with Crippen molar-refractivity contribution < 1.29 is 51.8 Å². The number of amides is 4. The van der Waals surface area contributed by atoms with Crippen LogP contribution in [0.25, 0.3) is 91.3 Å². The number of nitrogens with zero attached hydrogens (tertiary/aromatic N) is 19. The van der Waals surface area contributed by atoms with E-state index in [1.165, 1.54) is 0 Å². The van der Waals surface area contributed by atoms with Crippen molar-refractivity contribution in [3.05, 3.63) is 362 Å². The topological polar surface area (TPSA) is 518 Å². The summed E-state index contributed by atoms with van der Waals surface area (Å²) in [5.74, 6) is 5.72. The largest absolute Gasteiger partial charge is 0.497 e. The summed E-state index contributed by atoms with van der Waals surface area (Å²) in [5, 5.41) is 37.0. The van der Waals surface area contributed by atoms with E-state index in [-0.39, 0.29) is 91.0 Å². The number of anilines is 4. The summed E-state index contributed by atoms with van der Waals surface area (Å²) in [5.41, 5.74) is 12.8. The summed E-state index contributed by atoms with van der Waals surface area (Å²) < 4.78 is 45.8. The highest BCUT2D eigenvalue weighted by Crippen LogP contribution is 2.48. The number of hydrogen-bond acceptors (Lipinski definition) is 26. The second kappa shape index (κ2) is 46.5. The van der Waals surface area contributed by atoms with E-state index in [1.807, 2.05) is 202 Å². The van der Waals surface area contributed by atoms with E-state index in [0.29, 0.717) is 106 Å². The Morgan fingerprint density at radius 3 is 1.82 bits per heavy atom. The second-order valence-electron chi connectivity index (χ2n) is 33.4. The monoisotopic (exact) mass is 1950 g/mol. The van der Waals surface area contributed by atoms with Crippen LogP contribution in [-0.2, 0) is 76.1 Å². The first-order chi connectivity index (χ1) is 71.4. The maximum Gasteiger partial charge on any atom is 0.256 e. The van der Waals surface area contributed by atoms with Crippen LogP contribution in [0.5, 0.6) is 17.2 Å². The lowest BCUT2D eigenvalue weighted by atomic mass is 9.95. The van der Waals surface area contributed by atoms with Gasteiger partial charge in [0, 0.05) is 128 Å². The fraction of sp³-hybridized carbons (Fsp3) is 0.152. The van der Waals surface area contributed by atoms with Crippen molar-refractivity contribution >= 4 is 69.6 Å². The van der Waals surface area contributed by atoms with E-state index in [1.54, 1.807) is 91.8 Å². The molecule has 0 saturated heterocycles. The van der Waals surface area contributed by atoms with Crippen LogP contribution in [0.4, 0.5) is 32.3 Å². The molecule has 5 aromatic carbocycles. The van der Waals surface area contributed by atoms with Gasteiger partial charge in [-0.1, -0.05) is 97.1 Å². The molecule has 17 heterocycles. The van der Waals surface area contributed by atoms with Gasteiger partial charge in [0.1, 0.15) is 87.3 Å². The second-order valence-corrected chi connectivity index (χ2v) is 33.4. The summed E-state index contributed by atoms with van der Waals surface area (Å²) in [6.45, 7) is 1.07. The Morgan fingerprint density at radius 1 is 0.534 bits per heavy atom. The van der Waals surface area contributed by atoms with Crippen LogP contribution in [0.3, 0.4) is 0 Å². The van der Waals surface area contributed by atoms with Gasteiger partial charge in [-0.25, -0.2) is 38.7 Å². The number of pyridine rings is 6. The molecule has 3 atom stereocenters. The first-order valence-electron chi connectivity index (χ1n) is 46.2. The highest BCUT2D eigenvalue weighted by atomic mass is 19.1. The first kappa shape index (κ1) is 96.7. The molecule has 0 bridgehead atoms. The van der Waals surface area contributed by atoms with Crippen molar-refractivity contribution in [3.8, 4) is 97.6 Å². The lowest BCUT2D eigenvalue weighted by Gasteiger charge is -2.23. The highest BCUT2D eigenvalue weighted by Gasteiger charge is 2.44. The number of benzene rings is 5. The summed E-state index contributed by atoms with van der Waals surface area (Å²) >= 11 is 0. The number of carbonyl (C=O) groups is 6. The van der Waals surface area contributed by atoms with E-state index >= 15 is 0 Å². The van der Waals surface area contributed by atoms with Gasteiger partial charge in [0.15, 0.2) is 46.5 Å². The zero-order chi connectivity index (χ0) is 100. The van der Waals surface area contributed by atoms with Gasteiger partial charge in [0.2, 0.25) is 29.6 Å². The first-order valence-corrected chi connectivity index (χ1v) is 46.2. The Bertz CT molecular complexity index is 7830. The Balaban J connectivity index is 0.000000115. The minimum absolute atomic E-state index is 0.0529. The number of aromatic amines is 7. The van der Waals surface area contributed by atoms with E-state index in [2.05, 4.69) is 158 Å². The summed E-state index contributed by atoms with van der Waals surface area (Å²) in [7, 11) is 3.49. The number of ketones is 2. The molecule has 20 aromatic rings. The van der Waals surface area contributed by atoms with Crippen molar-refractivity contribution in [2.45, 2.75) is 63.8 Å². The number of Topliss-reactive ketones (excluding diaryl/α,β-unsaturated/α-hetero) is 2. The van der Waals surface area contributed by atoms with Crippen LogP contribution in [0, 0.1) is 23.5 Å². The molecule has 730 valence electrons. The number of aryl methyl sites for hydroxylation is 1. The number of rotatable bonds is 27. The van der Waals surface area contributed by atoms with Crippen molar-refractivity contribution in [2.24, 2.45) is 18.9 Å². The van der Waals surface area contributed by atoms with Crippen molar-refractivity contribution in [1.29, 1.82) is 0 Å². The summed E-state index contributed by atoms with van der Waals surface area (Å²) in [4.78, 5) is 141. The average Bonchev–Trinajstić information content (AvgIpc) is 1.62. The van der Waals surface area contributed by atoms with Gasteiger partial charge in [-0.05, 0) is 162 Å². The molecule has 41 heteroatoms. The predicted octanol–water partition coefficient (Wildman–Crippen LogP) is 15.2. The predicted molar refractivity (Wildman–Crippen MR) is 535 cm³/mol. The van der Waals surface area contributed by atoms with Crippen LogP contribution >= 0.6 is 0 Å². The minimum atomic E-state index is -0.861. The van der Waals surface area contributed by atoms with Gasteiger partial charge in [0.25, 0.3) is 5.91 Å². The molecule has 3 aliphatic rings. The molecule has 4 amide bonds. The smallest absolute Gasteiger partial charge is 0.256 e. The number of carbonyl (C=O) groups excluding carboxylic acids is 6. The third kappa shape index (κ3) is 25.6. The average molecular weight is 1960 g/mol. The van der Waals surface area contributed by atoms with Crippen LogP contribution in [0.15, 0.2) is 305 Å². The van der Waals surface area contributed by atoms with Gasteiger partial charge < -0.3 is 49.3 Å². The van der Waals surface area contributed by atoms with Crippen LogP contribution in [0.2, 0.25) is 0 Å². The van der Waals surface area contributed by atoms with E-state index in [4.69, 9.17) is 14.2 Å². The van der Waals surface area contributed by atoms with Crippen LogP contribution in [-0.4, -0.2) is 185 Å². The number of nitrogens with one attached hydrogen (secondary N) is 11. The van der Waals surface area contributed by atoms with E-state index < -0.39 is 11.6 Å². The van der Waals surface area contributed by atoms with E-state index in [0.717, 1.165) is 122 Å². The molecule has 39 nitrogen and oxygen atoms in total. The highest BCUT2D eigenvalue weighted by molar-refractivity contribution is 6.04. The lowest BCUT2D eigenvalue weighted by molar-refractivity contribution is -0.121. The quantitative estimate of drug-likeness (QED) is 0.0228. The molecular formula is C105H92F2N30O9. The Labute approximate surface area is 830 Å². The minimum Gasteiger partial charge on any atom is -0.497 e. The molecule has 2 aliphatic heterocycles. The molecule has 1 aliphatic carbocycles. The Hall–Kier alpha value is -19.5. The van der Waals surface area contributed by atoms with Crippen LogP contribution in [0.1, 0.15) is 68.7 Å². The third-order valence-corrected chi connectivity index (χ3v) is 23.1. The molecule has 0 spiro atoms. The molecule has 23 rings (SSSR count). The molecule has 146 heavy (non-hydrogen) atoms. The Kier molecular flexibility index (Phi) is 30.8. The normalized spacial score (nSPS) is 13.3. The maximum atomic E-state index is 13.4. The summed E-state index contributed by atoms with van der Waals surface area (Å²) in [6, 6.07) is 67.0.